The number of non-ortho nitro benzene ring substituents is 1. The second-order valence-electron chi connectivity index (χ2n) is 8.32. The van der Waals surface area contributed by atoms with Gasteiger partial charge in [-0.1, -0.05) is 48.5 Å². The maximum absolute atomic E-state index is 11.2. The van der Waals surface area contributed by atoms with Gasteiger partial charge in [-0.15, -0.1) is 0 Å². The van der Waals surface area contributed by atoms with Gasteiger partial charge in [0.2, 0.25) is 5.72 Å². The topological polar surface area (TPSA) is 55.6 Å². The Balaban J connectivity index is 1.65. The number of nitro groups is 1. The molecule has 0 saturated heterocycles. The Bertz CT molecular complexity index is 1170. The van der Waals surface area contributed by atoms with Crippen molar-refractivity contribution in [1.29, 1.82) is 0 Å². The van der Waals surface area contributed by atoms with Crippen LogP contribution in [0.25, 0.3) is 6.08 Å². The fourth-order valence-electron chi connectivity index (χ4n) is 4.67. The summed E-state index contributed by atoms with van der Waals surface area (Å²) in [5.41, 5.74) is 3.26. The number of nitrogens with zero attached hydrogens (tertiary/aromatic N) is 2. The highest BCUT2D eigenvalue weighted by molar-refractivity contribution is 5.73. The molecule has 0 saturated carbocycles. The fourth-order valence-corrected chi connectivity index (χ4v) is 4.67. The summed E-state index contributed by atoms with van der Waals surface area (Å²) < 4.78 is 6.71. The van der Waals surface area contributed by atoms with Crippen LogP contribution in [0, 0.1) is 10.1 Å². The maximum atomic E-state index is 11.2. The van der Waals surface area contributed by atoms with Gasteiger partial charge in [-0.2, -0.15) is 0 Å². The predicted molar refractivity (Wildman–Crippen MR) is 118 cm³/mol. The number of hydrogen-bond acceptors (Lipinski definition) is 4. The largest absolute Gasteiger partial charge is 0.463 e. The van der Waals surface area contributed by atoms with E-state index in [1.807, 2.05) is 24.3 Å². The van der Waals surface area contributed by atoms with Gasteiger partial charge in [-0.05, 0) is 49.3 Å². The number of fused-ring (bicyclic) bond motifs is 2. The smallest absolute Gasteiger partial charge is 0.270 e. The number of nitro benzene ring substituents is 1. The van der Waals surface area contributed by atoms with E-state index in [2.05, 4.69) is 61.2 Å². The van der Waals surface area contributed by atoms with Crippen LogP contribution in [-0.2, 0) is 12.0 Å². The average molecular weight is 398 g/mol. The second kappa shape index (κ2) is 6.46. The van der Waals surface area contributed by atoms with Crippen molar-refractivity contribution >= 4 is 17.5 Å². The van der Waals surface area contributed by atoms with E-state index in [0.29, 0.717) is 12.3 Å². The number of rotatable bonds is 3. The number of para-hydroxylation sites is 1. The first kappa shape index (κ1) is 18.4. The average Bonchev–Trinajstić information content (AvgIpc) is 2.93. The zero-order valence-corrected chi connectivity index (χ0v) is 16.9. The van der Waals surface area contributed by atoms with Gasteiger partial charge in [0.05, 0.1) is 10.3 Å². The van der Waals surface area contributed by atoms with Crippen molar-refractivity contribution in [2.24, 2.45) is 0 Å². The minimum atomic E-state index is -0.740. The lowest BCUT2D eigenvalue weighted by molar-refractivity contribution is -0.384. The molecule has 2 aliphatic rings. The number of hydrogen-bond donors (Lipinski definition) is 0. The first-order valence-electron chi connectivity index (χ1n) is 10.0. The van der Waals surface area contributed by atoms with Gasteiger partial charge in [0.25, 0.3) is 5.69 Å². The van der Waals surface area contributed by atoms with Crippen LogP contribution in [-0.4, -0.2) is 10.6 Å². The summed E-state index contributed by atoms with van der Waals surface area (Å²) in [4.78, 5) is 13.1. The highest BCUT2D eigenvalue weighted by atomic mass is 16.6. The normalized spacial score (nSPS) is 20.5. The molecule has 0 aliphatic carbocycles. The van der Waals surface area contributed by atoms with Crippen LogP contribution in [0.4, 0.5) is 11.4 Å². The Kier molecular flexibility index (Phi) is 3.97. The molecule has 0 aromatic heterocycles. The quantitative estimate of drug-likeness (QED) is 0.420. The Morgan fingerprint density at radius 2 is 1.73 bits per heavy atom. The zero-order chi connectivity index (χ0) is 20.9. The van der Waals surface area contributed by atoms with E-state index in [4.69, 9.17) is 4.74 Å². The molecular weight excluding hydrogens is 376 g/mol. The van der Waals surface area contributed by atoms with Crippen LogP contribution >= 0.6 is 0 Å². The standard InChI is InChI=1S/C25H22N2O3/c1-24(2)21-10-6-7-11-22(21)26(17-18-8-4-3-5-9-18)25(24)15-14-19-16-20(27(28)29)12-13-23(19)30-25/h3-16H,17H2,1-2H3/t25-/m0/s1. The molecule has 0 amide bonds. The molecular formula is C25H22N2O3. The lowest BCUT2D eigenvalue weighted by Gasteiger charge is -2.47. The van der Waals surface area contributed by atoms with E-state index in [1.54, 1.807) is 12.1 Å². The summed E-state index contributed by atoms with van der Waals surface area (Å²) >= 11 is 0. The van der Waals surface area contributed by atoms with E-state index < -0.39 is 5.72 Å². The molecule has 30 heavy (non-hydrogen) atoms. The highest BCUT2D eigenvalue weighted by Crippen LogP contribution is 2.55. The van der Waals surface area contributed by atoms with Gasteiger partial charge in [-0.25, -0.2) is 0 Å². The number of benzene rings is 3. The van der Waals surface area contributed by atoms with Gasteiger partial charge in [-0.3, -0.25) is 10.1 Å². The molecule has 5 heteroatoms. The second-order valence-corrected chi connectivity index (χ2v) is 8.32. The summed E-state index contributed by atoms with van der Waals surface area (Å²) in [7, 11) is 0. The Morgan fingerprint density at radius 1 is 1.00 bits per heavy atom. The summed E-state index contributed by atoms with van der Waals surface area (Å²) in [6.45, 7) is 5.07. The van der Waals surface area contributed by atoms with Crippen LogP contribution in [0.15, 0.2) is 78.9 Å². The molecule has 2 aliphatic heterocycles. The first-order valence-corrected chi connectivity index (χ1v) is 10.0. The Hall–Kier alpha value is -3.60. The van der Waals surface area contributed by atoms with Gasteiger partial charge >= 0.3 is 0 Å². The highest BCUT2D eigenvalue weighted by Gasteiger charge is 2.58. The molecule has 1 atom stereocenters. The van der Waals surface area contributed by atoms with E-state index in [9.17, 15) is 10.1 Å². The predicted octanol–water partition coefficient (Wildman–Crippen LogP) is 5.69. The van der Waals surface area contributed by atoms with Crippen LogP contribution in [0.2, 0.25) is 0 Å². The van der Waals surface area contributed by atoms with Crippen LogP contribution < -0.4 is 9.64 Å². The van der Waals surface area contributed by atoms with Crippen molar-refractivity contribution in [2.75, 3.05) is 4.90 Å². The van der Waals surface area contributed by atoms with Crippen molar-refractivity contribution in [3.8, 4) is 5.75 Å². The van der Waals surface area contributed by atoms with Gasteiger partial charge in [0, 0.05) is 29.9 Å². The minimum Gasteiger partial charge on any atom is -0.463 e. The first-order chi connectivity index (χ1) is 14.4. The third-order valence-electron chi connectivity index (χ3n) is 6.31. The van der Waals surface area contributed by atoms with Crippen molar-refractivity contribution in [3.05, 3.63) is 106 Å². The third-order valence-corrected chi connectivity index (χ3v) is 6.31. The summed E-state index contributed by atoms with van der Waals surface area (Å²) in [6, 6.07) is 23.5. The molecule has 1 spiro atoms. The third kappa shape index (κ3) is 2.55. The maximum Gasteiger partial charge on any atom is 0.270 e. The van der Waals surface area contributed by atoms with Crippen molar-refractivity contribution in [3.63, 3.8) is 0 Å². The summed E-state index contributed by atoms with van der Waals surface area (Å²) in [5, 5.41) is 11.2. The molecule has 150 valence electrons. The monoisotopic (exact) mass is 398 g/mol. The summed E-state index contributed by atoms with van der Waals surface area (Å²) in [6.07, 6.45) is 4.01. The molecule has 0 radical (unpaired) electrons. The molecule has 3 aromatic rings. The van der Waals surface area contributed by atoms with E-state index in [0.717, 1.165) is 11.3 Å². The van der Waals surface area contributed by atoms with E-state index >= 15 is 0 Å². The molecule has 0 fully saturated rings. The number of anilines is 1. The van der Waals surface area contributed by atoms with Crippen LogP contribution in [0.1, 0.15) is 30.5 Å². The van der Waals surface area contributed by atoms with Gasteiger partial charge in [0.1, 0.15) is 5.75 Å². The lowest BCUT2D eigenvalue weighted by atomic mass is 9.76. The zero-order valence-electron chi connectivity index (χ0n) is 16.9. The van der Waals surface area contributed by atoms with Crippen LogP contribution in [0.3, 0.4) is 0 Å². The van der Waals surface area contributed by atoms with Crippen molar-refractivity contribution in [1.82, 2.24) is 0 Å². The Morgan fingerprint density at radius 3 is 2.50 bits per heavy atom. The molecule has 0 N–H and O–H groups in total. The van der Waals surface area contributed by atoms with Crippen molar-refractivity contribution in [2.45, 2.75) is 31.5 Å². The summed E-state index contributed by atoms with van der Waals surface area (Å²) in [5.74, 6) is 0.655. The number of ether oxygens (including phenoxy) is 1. The lowest BCUT2D eigenvalue weighted by Crippen LogP contribution is -2.59. The Labute approximate surface area is 175 Å². The van der Waals surface area contributed by atoms with E-state index in [-0.39, 0.29) is 16.0 Å². The molecule has 0 unspecified atom stereocenters. The van der Waals surface area contributed by atoms with E-state index in [1.165, 1.54) is 17.2 Å². The van der Waals surface area contributed by atoms with Crippen LogP contribution in [0.5, 0.6) is 5.75 Å². The minimum absolute atomic E-state index is 0.0630. The van der Waals surface area contributed by atoms with Gasteiger partial charge < -0.3 is 9.64 Å². The molecule has 0 bridgehead atoms. The van der Waals surface area contributed by atoms with Crippen molar-refractivity contribution < 1.29 is 9.66 Å². The van der Waals surface area contributed by atoms with Gasteiger partial charge in [0.15, 0.2) is 0 Å². The fraction of sp³-hybridized carbons (Fsp3) is 0.200. The molecule has 5 nitrogen and oxygen atoms in total. The SMILES string of the molecule is CC1(C)c2ccccc2N(Cc2ccccc2)[C@]12C=Cc1cc([N+](=O)[O-])ccc1O2. The molecule has 3 aromatic carbocycles. The molecule has 5 rings (SSSR count). The molecule has 2 heterocycles.